The number of carboxylic acids is 4. The Hall–Kier alpha value is -2.99. The second-order valence-electron chi connectivity index (χ2n) is 6.43. The Balaban J connectivity index is -0.000000412. The van der Waals surface area contributed by atoms with Crippen LogP contribution in [-0.2, 0) is 53.1 Å². The summed E-state index contributed by atoms with van der Waals surface area (Å²) in [4.78, 5) is 39.2. The van der Waals surface area contributed by atoms with Crippen LogP contribution in [0.1, 0.15) is 43.2 Å². The molecule has 0 saturated carbocycles. The Labute approximate surface area is 208 Å². The predicted molar refractivity (Wildman–Crippen MR) is 120 cm³/mol. The van der Waals surface area contributed by atoms with Gasteiger partial charge in [-0.25, -0.2) is 0 Å². The predicted octanol–water partition coefficient (Wildman–Crippen LogP) is 4.18. The van der Waals surface area contributed by atoms with Gasteiger partial charge in [0.15, 0.2) is 0 Å². The van der Waals surface area contributed by atoms with E-state index in [-0.39, 0.29) is 41.3 Å². The van der Waals surface area contributed by atoms with Gasteiger partial charge in [-0.3, -0.25) is 19.2 Å². The van der Waals surface area contributed by atoms with Gasteiger partial charge in [-0.15, -0.1) is 0 Å². The average Bonchev–Trinajstić information content (AvgIpc) is 2.69. The quantitative estimate of drug-likeness (QED) is 0.223. The number of hydrogen-bond donors (Lipinski definition) is 4. The minimum atomic E-state index is -1.31. The molecule has 0 heterocycles. The van der Waals surface area contributed by atoms with E-state index < -0.39 is 30.3 Å². The largest absolute Gasteiger partial charge is 0.481 e. The van der Waals surface area contributed by atoms with Crippen molar-refractivity contribution >= 4 is 23.9 Å². The summed E-state index contributed by atoms with van der Waals surface area (Å²) in [6.07, 6.45) is 2.86. The molecule has 0 radical (unpaired) electrons. The van der Waals surface area contributed by atoms with Crippen LogP contribution in [-0.4, -0.2) is 44.3 Å². The Kier molecular flexibility index (Phi) is 23.3. The fraction of sp³-hybridized carbons (Fsp3) is 0.292. The zero-order valence-electron chi connectivity index (χ0n) is 18.5. The van der Waals surface area contributed by atoms with E-state index in [0.717, 1.165) is 25.7 Å². The van der Waals surface area contributed by atoms with Crippen molar-refractivity contribution < 1.29 is 60.7 Å². The molecular weight excluding hydrogens is 611 g/mol. The van der Waals surface area contributed by atoms with Crippen LogP contribution in [0.2, 0.25) is 0 Å². The van der Waals surface area contributed by atoms with Gasteiger partial charge in [0.25, 0.3) is 0 Å². The fourth-order valence-electron chi connectivity index (χ4n) is 2.31. The number of carboxylic acid groups (broad SMARTS) is 4. The van der Waals surface area contributed by atoms with Crippen molar-refractivity contribution in [3.63, 3.8) is 0 Å². The molecule has 0 bridgehead atoms. The van der Waals surface area contributed by atoms with Crippen LogP contribution in [0.25, 0.3) is 0 Å². The molecule has 33 heavy (non-hydrogen) atoms. The normalized spacial score (nSPS) is 8.73. The first-order valence-electron chi connectivity index (χ1n) is 9.65. The molecule has 2 rings (SSSR count). The van der Waals surface area contributed by atoms with E-state index in [4.69, 9.17) is 20.4 Å². The number of carbonyl (C=O) groups is 4. The number of aliphatic carboxylic acids is 4. The third kappa shape index (κ3) is 25.1. The summed E-state index contributed by atoms with van der Waals surface area (Å²) in [6, 6.07) is 19.9. The minimum absolute atomic E-state index is 0. The van der Waals surface area contributed by atoms with Crippen molar-refractivity contribution in [1.29, 1.82) is 0 Å². The van der Waals surface area contributed by atoms with Gasteiger partial charge in [0.2, 0.25) is 0 Å². The number of rotatable bonds is 10. The van der Waals surface area contributed by atoms with E-state index in [1.165, 1.54) is 11.1 Å². The van der Waals surface area contributed by atoms with E-state index in [1.54, 1.807) is 0 Å². The maximum absolute atomic E-state index is 10.2. The van der Waals surface area contributed by atoms with Crippen LogP contribution in [0, 0.1) is 7.43 Å². The van der Waals surface area contributed by atoms with E-state index in [0.29, 0.717) is 0 Å². The zero-order chi connectivity index (χ0) is 23.5. The summed E-state index contributed by atoms with van der Waals surface area (Å²) in [5.41, 5.74) is 2.41. The molecule has 0 aliphatic heterocycles. The molecule has 0 amide bonds. The Morgan fingerprint density at radius 2 is 0.848 bits per heavy atom. The first-order valence-corrected chi connectivity index (χ1v) is 9.65. The van der Waals surface area contributed by atoms with E-state index in [2.05, 4.69) is 0 Å². The van der Waals surface area contributed by atoms with Crippen molar-refractivity contribution in [2.75, 3.05) is 0 Å². The molecule has 9 heteroatoms. The molecule has 4 N–H and O–H groups in total. The molecule has 0 aliphatic rings. The van der Waals surface area contributed by atoms with Gasteiger partial charge in [0.05, 0.1) is 0 Å². The summed E-state index contributed by atoms with van der Waals surface area (Å²) >= 11 is 0. The van der Waals surface area contributed by atoms with Gasteiger partial charge in [-0.05, 0) is 36.8 Å². The van der Waals surface area contributed by atoms with Gasteiger partial charge in [0, 0.05) is 33.9 Å². The summed E-state index contributed by atoms with van der Waals surface area (Å²) in [5.74, 6) is -4.06. The van der Waals surface area contributed by atoms with Crippen LogP contribution in [0.15, 0.2) is 60.7 Å². The zero-order valence-corrected chi connectivity index (χ0v) is 20.7. The maximum atomic E-state index is 10.2. The fourth-order valence-corrected chi connectivity index (χ4v) is 2.31. The monoisotopic (exact) mass is 642 g/mol. The van der Waals surface area contributed by atoms with Gasteiger partial charge in [-0.2, -0.15) is 0 Å². The van der Waals surface area contributed by atoms with Crippen LogP contribution in [0.5, 0.6) is 0 Å². The summed E-state index contributed by atoms with van der Waals surface area (Å²) in [5, 5.41) is 32.2. The van der Waals surface area contributed by atoms with E-state index in [9.17, 15) is 19.2 Å². The van der Waals surface area contributed by atoms with Crippen molar-refractivity contribution in [3.8, 4) is 0 Å². The van der Waals surface area contributed by atoms with Gasteiger partial charge in [0.1, 0.15) is 6.42 Å². The molecule has 8 nitrogen and oxygen atoms in total. The van der Waals surface area contributed by atoms with Crippen LogP contribution >= 0.6 is 0 Å². The third-order valence-corrected chi connectivity index (χ3v) is 3.70. The molecule has 0 aromatic heterocycles. The molecule has 0 saturated heterocycles. The molecule has 0 aliphatic carbocycles. The third-order valence-electron chi connectivity index (χ3n) is 3.70. The van der Waals surface area contributed by atoms with Crippen LogP contribution in [0.4, 0.5) is 0 Å². The molecule has 186 valence electrons. The number of aryl methyl sites for hydroxylation is 2. The minimum Gasteiger partial charge on any atom is -0.481 e. The van der Waals surface area contributed by atoms with E-state index >= 15 is 0 Å². The van der Waals surface area contributed by atoms with Crippen molar-refractivity contribution in [1.82, 2.24) is 0 Å². The summed E-state index contributed by atoms with van der Waals surface area (Å²) < 4.78 is 0. The smallest absolute Gasteiger partial charge is 0.314 e. The average molecular weight is 643 g/mol. The Morgan fingerprint density at radius 1 is 0.545 bits per heavy atom. The number of hydrogen-bond acceptors (Lipinski definition) is 4. The topological polar surface area (TPSA) is 149 Å². The van der Waals surface area contributed by atoms with E-state index in [1.807, 2.05) is 60.7 Å². The van der Waals surface area contributed by atoms with Crippen molar-refractivity contribution in [3.05, 3.63) is 79.2 Å². The molecule has 2 aromatic carbocycles. The molecular formula is C24H31O8Pt-. The Bertz CT molecular complexity index is 727. The first kappa shape index (κ1) is 34.6. The summed E-state index contributed by atoms with van der Waals surface area (Å²) in [7, 11) is 0. The van der Waals surface area contributed by atoms with Crippen LogP contribution < -0.4 is 0 Å². The SMILES string of the molecule is O=C(O)CC(=O)O.O=C(O)CCCc1ccccc1.O=C(O)CCCc1ccccc1.[CH3-].[Pt]. The standard InChI is InChI=1S/2C10H12O2.C3H4O4.CH3.Pt/c2*11-10(12)8-4-7-9-5-2-1-3-6-9;4-2(5)1-3(6)7;;/h2*1-3,5-6H,4,7-8H2,(H,11,12);1H2,(H,4,5)(H,6,7);1H3;/q;;;-1;. The van der Waals surface area contributed by atoms with Crippen molar-refractivity contribution in [2.24, 2.45) is 0 Å². The molecule has 0 fully saturated rings. The van der Waals surface area contributed by atoms with Crippen LogP contribution in [0.3, 0.4) is 0 Å². The second-order valence-corrected chi connectivity index (χ2v) is 6.43. The molecule has 0 atom stereocenters. The second kappa shape index (κ2) is 22.2. The Morgan fingerprint density at radius 3 is 1.06 bits per heavy atom. The maximum Gasteiger partial charge on any atom is 0.314 e. The summed E-state index contributed by atoms with van der Waals surface area (Å²) in [6.45, 7) is 0. The van der Waals surface area contributed by atoms with Gasteiger partial charge in [-0.1, -0.05) is 60.7 Å². The first-order chi connectivity index (χ1) is 14.7. The molecule has 0 spiro atoms. The number of benzene rings is 2. The molecule has 2 aromatic rings. The van der Waals surface area contributed by atoms with Crippen molar-refractivity contribution in [2.45, 2.75) is 44.9 Å². The van der Waals surface area contributed by atoms with Gasteiger partial charge >= 0.3 is 23.9 Å². The molecule has 0 unspecified atom stereocenters. The van der Waals surface area contributed by atoms with Gasteiger partial charge < -0.3 is 27.9 Å².